The van der Waals surface area contributed by atoms with E-state index in [9.17, 15) is 9.59 Å². The average Bonchev–Trinajstić information content (AvgIpc) is 3.35. The predicted octanol–water partition coefficient (Wildman–Crippen LogP) is 2.18. The SMILES string of the molecule is Cc1cccc(C(=O)N2C[C@H]3Cc4nnc(C(=O)Nc5ccccc5)n4C[C@@H]3C2)n1. The van der Waals surface area contributed by atoms with Crippen molar-refractivity contribution in [3.63, 3.8) is 0 Å². The highest BCUT2D eigenvalue weighted by atomic mass is 16.2. The zero-order chi connectivity index (χ0) is 20.7. The number of para-hydroxylation sites is 1. The third-order valence-corrected chi connectivity index (χ3v) is 5.90. The van der Waals surface area contributed by atoms with Crippen LogP contribution in [0, 0.1) is 18.8 Å². The maximum Gasteiger partial charge on any atom is 0.293 e. The van der Waals surface area contributed by atoms with E-state index in [1.165, 1.54) is 0 Å². The fourth-order valence-corrected chi connectivity index (χ4v) is 4.39. The van der Waals surface area contributed by atoms with E-state index >= 15 is 0 Å². The summed E-state index contributed by atoms with van der Waals surface area (Å²) in [6.07, 6.45) is 0.710. The molecule has 8 nitrogen and oxygen atoms in total. The smallest absolute Gasteiger partial charge is 0.293 e. The van der Waals surface area contributed by atoms with Crippen LogP contribution in [0.3, 0.4) is 0 Å². The van der Waals surface area contributed by atoms with Crippen molar-refractivity contribution in [2.45, 2.75) is 19.9 Å². The van der Waals surface area contributed by atoms with Gasteiger partial charge in [0.1, 0.15) is 11.5 Å². The summed E-state index contributed by atoms with van der Waals surface area (Å²) in [5, 5.41) is 11.3. The molecule has 0 bridgehead atoms. The summed E-state index contributed by atoms with van der Waals surface area (Å²) in [4.78, 5) is 31.9. The van der Waals surface area contributed by atoms with Gasteiger partial charge in [-0.3, -0.25) is 9.59 Å². The maximum atomic E-state index is 12.9. The number of benzene rings is 1. The molecule has 5 rings (SSSR count). The highest BCUT2D eigenvalue weighted by Gasteiger charge is 2.41. The Morgan fingerprint density at radius 2 is 1.77 bits per heavy atom. The molecule has 2 aliphatic heterocycles. The second-order valence-electron chi connectivity index (χ2n) is 7.97. The summed E-state index contributed by atoms with van der Waals surface area (Å²) >= 11 is 0. The number of carbonyl (C=O) groups excluding carboxylic acids is 2. The van der Waals surface area contributed by atoms with E-state index in [2.05, 4.69) is 20.5 Å². The molecule has 4 heterocycles. The van der Waals surface area contributed by atoms with Crippen LogP contribution < -0.4 is 5.32 Å². The summed E-state index contributed by atoms with van der Waals surface area (Å²) in [5.41, 5.74) is 2.03. The van der Waals surface area contributed by atoms with Gasteiger partial charge in [0.25, 0.3) is 11.8 Å². The van der Waals surface area contributed by atoms with Gasteiger partial charge in [0.2, 0.25) is 5.82 Å². The molecule has 152 valence electrons. The number of rotatable bonds is 3. The van der Waals surface area contributed by atoms with Crippen molar-refractivity contribution in [3.05, 3.63) is 71.6 Å². The quantitative estimate of drug-likeness (QED) is 0.725. The first-order chi connectivity index (χ1) is 14.6. The van der Waals surface area contributed by atoms with Gasteiger partial charge in [0, 0.05) is 37.4 Å². The molecule has 1 saturated heterocycles. The van der Waals surface area contributed by atoms with Crippen LogP contribution in [0.1, 0.15) is 32.6 Å². The Labute approximate surface area is 173 Å². The first-order valence-corrected chi connectivity index (χ1v) is 10.1. The monoisotopic (exact) mass is 402 g/mol. The minimum absolute atomic E-state index is 0.0362. The molecule has 2 aromatic heterocycles. The van der Waals surface area contributed by atoms with E-state index in [1.54, 1.807) is 6.07 Å². The molecular weight excluding hydrogens is 380 g/mol. The van der Waals surface area contributed by atoms with Crippen LogP contribution in [0.4, 0.5) is 5.69 Å². The van der Waals surface area contributed by atoms with Gasteiger partial charge in [0.05, 0.1) is 0 Å². The van der Waals surface area contributed by atoms with Gasteiger partial charge in [-0.25, -0.2) is 4.98 Å². The van der Waals surface area contributed by atoms with Gasteiger partial charge in [-0.05, 0) is 43.0 Å². The number of carbonyl (C=O) groups is 2. The Balaban J connectivity index is 1.31. The van der Waals surface area contributed by atoms with E-state index < -0.39 is 0 Å². The topological polar surface area (TPSA) is 93.0 Å². The molecule has 2 aliphatic rings. The lowest BCUT2D eigenvalue weighted by atomic mass is 9.89. The van der Waals surface area contributed by atoms with Gasteiger partial charge in [-0.1, -0.05) is 24.3 Å². The highest BCUT2D eigenvalue weighted by molar-refractivity contribution is 6.01. The molecule has 0 radical (unpaired) electrons. The van der Waals surface area contributed by atoms with Crippen molar-refractivity contribution in [1.29, 1.82) is 0 Å². The number of nitrogens with zero attached hydrogens (tertiary/aromatic N) is 5. The second kappa shape index (κ2) is 7.37. The van der Waals surface area contributed by atoms with Crippen LogP contribution in [-0.2, 0) is 13.0 Å². The van der Waals surface area contributed by atoms with Crippen LogP contribution >= 0.6 is 0 Å². The van der Waals surface area contributed by atoms with E-state index in [1.807, 2.05) is 58.9 Å². The van der Waals surface area contributed by atoms with E-state index in [0.29, 0.717) is 43.5 Å². The third-order valence-electron chi connectivity index (χ3n) is 5.90. The molecule has 0 spiro atoms. The average molecular weight is 402 g/mol. The standard InChI is InChI=1S/C22H22N6O2/c1-14-6-5-9-18(23-14)22(30)27-11-15-10-19-25-26-20(28(19)13-16(15)12-27)21(29)24-17-7-3-2-4-8-17/h2-9,15-16H,10-13H2,1H3,(H,24,29)/t15-,16+/m1/s1. The Kier molecular flexibility index (Phi) is 4.54. The Hall–Kier alpha value is -3.55. The molecule has 8 heteroatoms. The number of aromatic nitrogens is 4. The number of aryl methyl sites for hydroxylation is 1. The molecule has 1 fully saturated rings. The Bertz CT molecular complexity index is 1110. The third kappa shape index (κ3) is 3.34. The number of amides is 2. The molecule has 3 aromatic rings. The fourth-order valence-electron chi connectivity index (χ4n) is 4.39. The molecule has 30 heavy (non-hydrogen) atoms. The highest BCUT2D eigenvalue weighted by Crippen LogP contribution is 2.33. The van der Waals surface area contributed by atoms with Crippen molar-refractivity contribution in [3.8, 4) is 0 Å². The molecule has 2 atom stereocenters. The molecule has 1 N–H and O–H groups in total. The van der Waals surface area contributed by atoms with E-state index in [0.717, 1.165) is 17.2 Å². The van der Waals surface area contributed by atoms with Crippen molar-refractivity contribution in [2.24, 2.45) is 11.8 Å². The van der Waals surface area contributed by atoms with E-state index in [-0.39, 0.29) is 17.7 Å². The van der Waals surface area contributed by atoms with Gasteiger partial charge in [0.15, 0.2) is 0 Å². The van der Waals surface area contributed by atoms with Crippen molar-refractivity contribution in [2.75, 3.05) is 18.4 Å². The van der Waals surface area contributed by atoms with Crippen molar-refractivity contribution >= 4 is 17.5 Å². The number of hydrogen-bond donors (Lipinski definition) is 1. The lowest BCUT2D eigenvalue weighted by Gasteiger charge is -2.25. The van der Waals surface area contributed by atoms with Gasteiger partial charge in [-0.15, -0.1) is 10.2 Å². The number of anilines is 1. The van der Waals surface area contributed by atoms with E-state index in [4.69, 9.17) is 0 Å². The predicted molar refractivity (Wildman–Crippen MR) is 110 cm³/mol. The molecule has 1 aromatic carbocycles. The normalized spacial score (nSPS) is 19.8. The molecule has 0 aliphatic carbocycles. The molecule has 2 amide bonds. The summed E-state index contributed by atoms with van der Waals surface area (Å²) in [6, 6.07) is 14.8. The number of fused-ring (bicyclic) bond motifs is 2. The summed E-state index contributed by atoms with van der Waals surface area (Å²) in [7, 11) is 0. The minimum atomic E-state index is -0.270. The maximum absolute atomic E-state index is 12.9. The van der Waals surface area contributed by atoms with Gasteiger partial charge in [-0.2, -0.15) is 0 Å². The lowest BCUT2D eigenvalue weighted by molar-refractivity contribution is 0.0777. The van der Waals surface area contributed by atoms with Crippen LogP contribution in [0.5, 0.6) is 0 Å². The summed E-state index contributed by atoms with van der Waals surface area (Å²) < 4.78 is 1.90. The number of nitrogens with one attached hydrogen (secondary N) is 1. The Morgan fingerprint density at radius 3 is 2.57 bits per heavy atom. The van der Waals surface area contributed by atoms with Crippen molar-refractivity contribution in [1.82, 2.24) is 24.6 Å². The number of likely N-dealkylation sites (tertiary alicyclic amines) is 1. The largest absolute Gasteiger partial charge is 0.337 e. The van der Waals surface area contributed by atoms with Crippen LogP contribution in [0.15, 0.2) is 48.5 Å². The fraction of sp³-hybridized carbons (Fsp3) is 0.318. The minimum Gasteiger partial charge on any atom is -0.337 e. The molecular formula is C22H22N6O2. The van der Waals surface area contributed by atoms with Crippen molar-refractivity contribution < 1.29 is 9.59 Å². The second-order valence-corrected chi connectivity index (χ2v) is 7.97. The van der Waals surface area contributed by atoms with Crippen LogP contribution in [-0.4, -0.2) is 49.6 Å². The first-order valence-electron chi connectivity index (χ1n) is 10.1. The number of hydrogen-bond acceptors (Lipinski definition) is 5. The number of pyridine rings is 1. The lowest BCUT2D eigenvalue weighted by Crippen LogP contribution is -2.31. The first kappa shape index (κ1) is 18.5. The Morgan fingerprint density at radius 1 is 0.967 bits per heavy atom. The zero-order valence-corrected chi connectivity index (χ0v) is 16.7. The summed E-state index contributed by atoms with van der Waals surface area (Å²) in [5.74, 6) is 1.40. The molecule has 0 saturated carbocycles. The van der Waals surface area contributed by atoms with Gasteiger partial charge >= 0.3 is 0 Å². The van der Waals surface area contributed by atoms with Gasteiger partial charge < -0.3 is 14.8 Å². The van der Waals surface area contributed by atoms with Crippen LogP contribution in [0.2, 0.25) is 0 Å². The summed E-state index contributed by atoms with van der Waals surface area (Å²) in [6.45, 7) is 3.85. The molecule has 0 unspecified atom stereocenters. The van der Waals surface area contributed by atoms with Crippen LogP contribution in [0.25, 0.3) is 0 Å². The zero-order valence-electron chi connectivity index (χ0n) is 16.7.